The number of halogens is 4. The summed E-state index contributed by atoms with van der Waals surface area (Å²) in [5, 5.41) is 5.04. The van der Waals surface area contributed by atoms with Gasteiger partial charge < -0.3 is 20.3 Å². The summed E-state index contributed by atoms with van der Waals surface area (Å²) in [7, 11) is 1.45. The number of carbonyl (C=O) groups excluding carboxylic acids is 4. The van der Waals surface area contributed by atoms with Gasteiger partial charge in [-0.15, -0.1) is 0 Å². The van der Waals surface area contributed by atoms with E-state index in [4.69, 9.17) is 4.74 Å². The normalized spacial score (nSPS) is 19.4. The van der Waals surface area contributed by atoms with E-state index in [-0.39, 0.29) is 12.0 Å². The molecule has 2 N–H and O–H groups in total. The lowest BCUT2D eigenvalue weighted by atomic mass is 9.78. The minimum atomic E-state index is -4.80. The number of benzene rings is 2. The molecule has 0 aromatic heterocycles. The number of hydrogen-bond donors (Lipinski definition) is 2. The second kappa shape index (κ2) is 10.5. The first-order valence-electron chi connectivity index (χ1n) is 12.1. The predicted octanol–water partition coefficient (Wildman–Crippen LogP) is 4.07. The number of rotatable bonds is 6. The second-order valence-corrected chi connectivity index (χ2v) is 9.38. The average Bonchev–Trinajstić information content (AvgIpc) is 3.11. The van der Waals surface area contributed by atoms with Crippen LogP contribution in [0.15, 0.2) is 42.5 Å². The number of aryl methyl sites for hydroxylation is 1. The van der Waals surface area contributed by atoms with Gasteiger partial charge in [0.25, 0.3) is 5.91 Å². The average molecular weight is 551 g/mol. The van der Waals surface area contributed by atoms with Gasteiger partial charge in [-0.05, 0) is 55.2 Å². The smallest absolute Gasteiger partial charge is 0.418 e. The van der Waals surface area contributed by atoms with Gasteiger partial charge in [0.2, 0.25) is 11.5 Å². The van der Waals surface area contributed by atoms with Crippen molar-refractivity contribution < 1.29 is 41.5 Å². The first-order valence-corrected chi connectivity index (χ1v) is 12.1. The van der Waals surface area contributed by atoms with Gasteiger partial charge in [0.05, 0.1) is 0 Å². The molecule has 1 aliphatic carbocycles. The molecule has 2 unspecified atom stereocenters. The number of imide groups is 1. The van der Waals surface area contributed by atoms with Gasteiger partial charge >= 0.3 is 18.3 Å². The zero-order chi connectivity index (χ0) is 28.5. The molecule has 0 saturated carbocycles. The summed E-state index contributed by atoms with van der Waals surface area (Å²) in [5.41, 5.74) is -0.0144. The fraction of sp³-hybridized carbons (Fsp3) is 0.385. The molecule has 1 aliphatic heterocycles. The van der Waals surface area contributed by atoms with Crippen LogP contribution in [0.5, 0.6) is 0 Å². The van der Waals surface area contributed by atoms with Crippen molar-refractivity contribution in [1.29, 1.82) is 0 Å². The minimum Gasteiger partial charge on any atom is -0.427 e. The molecule has 1 fully saturated rings. The van der Waals surface area contributed by atoms with Crippen molar-refractivity contribution in [2.24, 2.45) is 0 Å². The van der Waals surface area contributed by atoms with E-state index in [1.165, 1.54) is 25.2 Å². The maximum atomic E-state index is 13.6. The summed E-state index contributed by atoms with van der Waals surface area (Å²) in [6.07, 6.45) is -4.85. The Balaban J connectivity index is 1.59. The topological polar surface area (TPSA) is 108 Å². The van der Waals surface area contributed by atoms with Crippen LogP contribution in [-0.4, -0.2) is 59.5 Å². The largest absolute Gasteiger partial charge is 0.427 e. The first kappa shape index (κ1) is 27.9. The number of carbonyl (C=O) groups is 4. The number of nitrogens with zero attached hydrogens (tertiary/aromatic N) is 2. The molecule has 5 amide bonds. The van der Waals surface area contributed by atoms with Crippen molar-refractivity contribution in [1.82, 2.24) is 15.1 Å². The number of anilines is 1. The molecule has 13 heteroatoms. The molecule has 2 aliphatic rings. The van der Waals surface area contributed by atoms with Crippen LogP contribution in [0.1, 0.15) is 36.5 Å². The SMILES string of the molecule is CNC(=O)Nc1ccc2c(c1)CCCC21OC(=O)N(CC(=O)N(Cc2ccc(F)cc2)C(C)C(F)(F)F)C1=O. The van der Waals surface area contributed by atoms with E-state index in [9.17, 15) is 36.7 Å². The molecule has 9 nitrogen and oxygen atoms in total. The quantitative estimate of drug-likeness (QED) is 0.528. The Morgan fingerprint density at radius 3 is 2.49 bits per heavy atom. The van der Waals surface area contributed by atoms with E-state index < -0.39 is 60.7 Å². The molecular formula is C26H26F4N4O5. The Morgan fingerprint density at radius 2 is 1.85 bits per heavy atom. The van der Waals surface area contributed by atoms with Crippen molar-refractivity contribution in [3.63, 3.8) is 0 Å². The van der Waals surface area contributed by atoms with E-state index >= 15 is 0 Å². The third-order valence-corrected chi connectivity index (χ3v) is 6.89. The van der Waals surface area contributed by atoms with E-state index in [1.807, 2.05) is 0 Å². The van der Waals surface area contributed by atoms with Gasteiger partial charge in [0.15, 0.2) is 0 Å². The highest BCUT2D eigenvalue weighted by Gasteiger charge is 2.57. The van der Waals surface area contributed by atoms with Crippen LogP contribution in [0.25, 0.3) is 0 Å². The number of hydrogen-bond acceptors (Lipinski definition) is 5. The van der Waals surface area contributed by atoms with Gasteiger partial charge in [-0.25, -0.2) is 18.9 Å². The van der Waals surface area contributed by atoms with Crippen LogP contribution >= 0.6 is 0 Å². The predicted molar refractivity (Wildman–Crippen MR) is 130 cm³/mol. The lowest BCUT2D eigenvalue weighted by Crippen LogP contribution is -2.51. The second-order valence-electron chi connectivity index (χ2n) is 9.38. The Bertz CT molecular complexity index is 1300. The van der Waals surface area contributed by atoms with Gasteiger partial charge in [-0.1, -0.05) is 18.2 Å². The standard InChI is InChI=1S/C26H26F4N4O5/c1-15(26(28,29)30)33(13-16-5-7-18(27)8-6-16)21(35)14-34-22(36)25(39-24(34)38)11-3-4-17-12-19(9-10-20(17)25)32-23(37)31-2/h5-10,12,15H,3-4,11,13-14H2,1-2H3,(H2,31,32,37). The highest BCUT2D eigenvalue weighted by molar-refractivity contribution is 6.06. The van der Waals surface area contributed by atoms with Gasteiger partial charge in [0.1, 0.15) is 18.4 Å². The lowest BCUT2D eigenvalue weighted by Gasteiger charge is -2.33. The molecule has 2 aromatic rings. The summed E-state index contributed by atoms with van der Waals surface area (Å²) >= 11 is 0. The van der Waals surface area contributed by atoms with Crippen molar-refractivity contribution in [2.75, 3.05) is 18.9 Å². The summed E-state index contributed by atoms with van der Waals surface area (Å²) < 4.78 is 59.7. The monoisotopic (exact) mass is 550 g/mol. The molecule has 1 spiro atoms. The zero-order valence-corrected chi connectivity index (χ0v) is 21.1. The van der Waals surface area contributed by atoms with Crippen LogP contribution in [0.2, 0.25) is 0 Å². The van der Waals surface area contributed by atoms with Crippen LogP contribution in [0, 0.1) is 5.82 Å². The number of fused-ring (bicyclic) bond motifs is 2. The number of amides is 5. The maximum Gasteiger partial charge on any atom is 0.418 e. The molecule has 2 atom stereocenters. The Morgan fingerprint density at radius 1 is 1.15 bits per heavy atom. The van der Waals surface area contributed by atoms with Crippen molar-refractivity contribution >= 4 is 29.6 Å². The molecule has 2 aromatic carbocycles. The Labute approximate surface area is 221 Å². The van der Waals surface area contributed by atoms with Crippen LogP contribution in [-0.2, 0) is 32.9 Å². The fourth-order valence-electron chi connectivity index (χ4n) is 4.77. The molecular weight excluding hydrogens is 524 g/mol. The van der Waals surface area contributed by atoms with E-state index in [1.54, 1.807) is 12.1 Å². The first-order chi connectivity index (χ1) is 18.4. The summed E-state index contributed by atoms with van der Waals surface area (Å²) in [6, 6.07) is 6.62. The van der Waals surface area contributed by atoms with E-state index in [2.05, 4.69) is 10.6 Å². The molecule has 4 rings (SSSR count). The number of alkyl halides is 3. The fourth-order valence-corrected chi connectivity index (χ4v) is 4.77. The van der Waals surface area contributed by atoms with Crippen molar-refractivity contribution in [3.05, 3.63) is 65.0 Å². The molecule has 0 bridgehead atoms. The Hall–Kier alpha value is -4.16. The lowest BCUT2D eigenvalue weighted by molar-refractivity contribution is -0.187. The van der Waals surface area contributed by atoms with Gasteiger partial charge in [0, 0.05) is 31.3 Å². The number of urea groups is 1. The van der Waals surface area contributed by atoms with Crippen molar-refractivity contribution in [3.8, 4) is 0 Å². The third kappa shape index (κ3) is 5.52. The Kier molecular flexibility index (Phi) is 7.53. The van der Waals surface area contributed by atoms with Crippen molar-refractivity contribution in [2.45, 2.75) is 50.6 Å². The van der Waals surface area contributed by atoms with Gasteiger partial charge in [-0.2, -0.15) is 13.2 Å². The highest BCUT2D eigenvalue weighted by Crippen LogP contribution is 2.44. The summed E-state index contributed by atoms with van der Waals surface area (Å²) in [6.45, 7) is -0.701. The maximum absolute atomic E-state index is 13.6. The molecule has 39 heavy (non-hydrogen) atoms. The molecule has 208 valence electrons. The van der Waals surface area contributed by atoms with Crippen LogP contribution < -0.4 is 10.6 Å². The highest BCUT2D eigenvalue weighted by atomic mass is 19.4. The number of ether oxygens (including phenoxy) is 1. The zero-order valence-electron chi connectivity index (χ0n) is 21.1. The summed E-state index contributed by atoms with van der Waals surface area (Å²) in [5.74, 6) is -2.58. The molecule has 0 radical (unpaired) electrons. The molecule has 1 heterocycles. The summed E-state index contributed by atoms with van der Waals surface area (Å²) in [4.78, 5) is 52.2. The van der Waals surface area contributed by atoms with Crippen LogP contribution in [0.3, 0.4) is 0 Å². The third-order valence-electron chi connectivity index (χ3n) is 6.89. The molecule has 1 saturated heterocycles. The number of nitrogens with one attached hydrogen (secondary N) is 2. The van der Waals surface area contributed by atoms with E-state index in [0.29, 0.717) is 39.5 Å². The minimum absolute atomic E-state index is 0.121. The van der Waals surface area contributed by atoms with E-state index in [0.717, 1.165) is 19.1 Å². The van der Waals surface area contributed by atoms with Crippen LogP contribution in [0.4, 0.5) is 32.8 Å². The van der Waals surface area contributed by atoms with Gasteiger partial charge in [-0.3, -0.25) is 9.59 Å².